The smallest absolute Gasteiger partial charge is 0.295 e. The lowest BCUT2D eigenvalue weighted by atomic mass is 10.1. The molecule has 190 valence electrons. The molecular weight excluding hydrogens is 492 g/mol. The van der Waals surface area contributed by atoms with Crippen LogP contribution in [0.5, 0.6) is 0 Å². The summed E-state index contributed by atoms with van der Waals surface area (Å²) in [6.45, 7) is 3.72. The maximum atomic E-state index is 13.4. The number of rotatable bonds is 8. The molecule has 0 amide bonds. The van der Waals surface area contributed by atoms with Gasteiger partial charge in [-0.15, -0.1) is 0 Å². The SMILES string of the molecule is Cc1cc(-c2ccc(Nc3cc(NC(O)C4CC4)nc4nc(C(F)F)[nH]c34)c(S(C)(=O)=O)c2)oc1C. The Bertz CT molecular complexity index is 1540. The zero-order valence-electron chi connectivity index (χ0n) is 19.8. The van der Waals surface area contributed by atoms with Crippen molar-refractivity contribution in [2.75, 3.05) is 16.9 Å². The number of hydrogen-bond acceptors (Lipinski definition) is 8. The molecule has 0 spiro atoms. The highest BCUT2D eigenvalue weighted by Crippen LogP contribution is 2.36. The third kappa shape index (κ3) is 4.78. The average molecular weight is 518 g/mol. The van der Waals surface area contributed by atoms with Gasteiger partial charge in [0.15, 0.2) is 21.3 Å². The lowest BCUT2D eigenvalue weighted by Gasteiger charge is -2.16. The van der Waals surface area contributed by atoms with E-state index in [4.69, 9.17) is 4.42 Å². The van der Waals surface area contributed by atoms with Crippen LogP contribution in [0.2, 0.25) is 0 Å². The molecular formula is C24H25F2N5O4S. The van der Waals surface area contributed by atoms with Crippen LogP contribution in [0, 0.1) is 19.8 Å². The number of H-pyrrole nitrogens is 1. The van der Waals surface area contributed by atoms with Gasteiger partial charge in [-0.1, -0.05) is 0 Å². The zero-order valence-corrected chi connectivity index (χ0v) is 20.6. The molecule has 1 unspecified atom stereocenters. The second-order valence-electron chi connectivity index (χ2n) is 9.06. The number of anilines is 3. The summed E-state index contributed by atoms with van der Waals surface area (Å²) in [4.78, 5) is 10.7. The van der Waals surface area contributed by atoms with E-state index in [9.17, 15) is 22.3 Å². The minimum Gasteiger partial charge on any atom is -0.461 e. The summed E-state index contributed by atoms with van der Waals surface area (Å²) in [5, 5.41) is 16.2. The monoisotopic (exact) mass is 517 g/mol. The maximum Gasteiger partial charge on any atom is 0.295 e. The Morgan fingerprint density at radius 1 is 1.14 bits per heavy atom. The van der Waals surface area contributed by atoms with E-state index in [1.165, 1.54) is 12.1 Å². The van der Waals surface area contributed by atoms with Crippen molar-refractivity contribution in [3.05, 3.63) is 47.5 Å². The first-order valence-corrected chi connectivity index (χ1v) is 13.2. The Morgan fingerprint density at radius 3 is 2.50 bits per heavy atom. The van der Waals surface area contributed by atoms with E-state index >= 15 is 0 Å². The van der Waals surface area contributed by atoms with Crippen LogP contribution in [-0.2, 0) is 9.84 Å². The molecule has 1 atom stereocenters. The highest BCUT2D eigenvalue weighted by atomic mass is 32.2. The van der Waals surface area contributed by atoms with Crippen LogP contribution in [0.15, 0.2) is 39.6 Å². The van der Waals surface area contributed by atoms with Crippen molar-refractivity contribution in [1.82, 2.24) is 15.0 Å². The molecule has 9 nitrogen and oxygen atoms in total. The van der Waals surface area contributed by atoms with Gasteiger partial charge < -0.3 is 25.1 Å². The molecule has 0 aliphatic heterocycles. The van der Waals surface area contributed by atoms with Crippen molar-refractivity contribution >= 4 is 38.2 Å². The number of halogens is 2. The van der Waals surface area contributed by atoms with E-state index < -0.39 is 28.3 Å². The molecule has 1 saturated carbocycles. The molecule has 36 heavy (non-hydrogen) atoms. The summed E-state index contributed by atoms with van der Waals surface area (Å²) < 4.78 is 57.9. The maximum absolute atomic E-state index is 13.4. The van der Waals surface area contributed by atoms with Gasteiger partial charge in [-0.2, -0.15) is 0 Å². The molecule has 0 saturated heterocycles. The zero-order chi connectivity index (χ0) is 25.8. The first-order valence-electron chi connectivity index (χ1n) is 11.3. The lowest BCUT2D eigenvalue weighted by molar-refractivity contribution is 0.142. The van der Waals surface area contributed by atoms with Crippen molar-refractivity contribution in [2.45, 2.75) is 44.2 Å². The number of benzene rings is 1. The number of aromatic nitrogens is 3. The van der Waals surface area contributed by atoms with Crippen molar-refractivity contribution in [2.24, 2.45) is 5.92 Å². The first kappa shape index (κ1) is 24.2. The number of furan rings is 1. The van der Waals surface area contributed by atoms with Crippen LogP contribution < -0.4 is 10.6 Å². The van der Waals surface area contributed by atoms with E-state index in [0.717, 1.165) is 30.4 Å². The van der Waals surface area contributed by atoms with Gasteiger partial charge in [0.2, 0.25) is 0 Å². The van der Waals surface area contributed by atoms with Gasteiger partial charge in [0.05, 0.1) is 16.3 Å². The van der Waals surface area contributed by atoms with Gasteiger partial charge in [-0.05, 0) is 56.5 Å². The van der Waals surface area contributed by atoms with E-state index in [1.54, 1.807) is 12.1 Å². The Morgan fingerprint density at radius 2 is 1.89 bits per heavy atom. The molecule has 1 fully saturated rings. The summed E-state index contributed by atoms with van der Waals surface area (Å²) in [7, 11) is -3.70. The average Bonchev–Trinajstić information content (AvgIpc) is 3.48. The van der Waals surface area contributed by atoms with Gasteiger partial charge >= 0.3 is 0 Å². The standard InChI is InChI=1S/C24H25F2N5O4S/c1-11-8-17(35-12(11)2)14-6-7-15(18(9-14)36(3,33)34)27-16-10-19(29-24(32)13-4-5-13)28-22-20(16)30-23(31-22)21(25)26/h6-10,13,21,24,32H,4-5H2,1-3H3,(H3,27,28,29,30,31). The van der Waals surface area contributed by atoms with E-state index in [1.807, 2.05) is 19.9 Å². The number of aromatic amines is 1. The predicted molar refractivity (Wildman–Crippen MR) is 131 cm³/mol. The molecule has 1 aromatic carbocycles. The number of imidazole rings is 1. The summed E-state index contributed by atoms with van der Waals surface area (Å²) >= 11 is 0. The van der Waals surface area contributed by atoms with E-state index in [2.05, 4.69) is 25.6 Å². The van der Waals surface area contributed by atoms with Gasteiger partial charge in [-0.25, -0.2) is 27.2 Å². The number of aliphatic hydroxyl groups excluding tert-OH is 1. The van der Waals surface area contributed by atoms with Crippen LogP contribution >= 0.6 is 0 Å². The third-order valence-corrected chi connectivity index (χ3v) is 7.29. The fourth-order valence-corrected chi connectivity index (χ4v) is 4.77. The second kappa shape index (κ2) is 8.86. The van der Waals surface area contributed by atoms with Crippen LogP contribution in [0.3, 0.4) is 0 Å². The highest BCUT2D eigenvalue weighted by Gasteiger charge is 2.30. The largest absolute Gasteiger partial charge is 0.461 e. The Kier molecular flexibility index (Phi) is 5.95. The minimum atomic E-state index is -3.70. The molecule has 4 N–H and O–H groups in total. The number of fused-ring (bicyclic) bond motifs is 1. The minimum absolute atomic E-state index is 0.000131. The van der Waals surface area contributed by atoms with Gasteiger partial charge in [0.25, 0.3) is 6.43 Å². The summed E-state index contributed by atoms with van der Waals surface area (Å²) in [6, 6.07) is 8.14. The molecule has 4 aromatic rings. The predicted octanol–water partition coefficient (Wildman–Crippen LogP) is 5.06. The van der Waals surface area contributed by atoms with E-state index in [0.29, 0.717) is 11.3 Å². The highest BCUT2D eigenvalue weighted by molar-refractivity contribution is 7.90. The Labute approximate surface area is 205 Å². The summed E-state index contributed by atoms with van der Waals surface area (Å²) in [6.07, 6.45) is -0.868. The molecule has 5 rings (SSSR count). The molecule has 3 aromatic heterocycles. The van der Waals surface area contributed by atoms with Crippen LogP contribution in [0.1, 0.15) is 36.4 Å². The molecule has 12 heteroatoms. The van der Waals surface area contributed by atoms with Gasteiger partial charge in [0, 0.05) is 23.8 Å². The molecule has 3 heterocycles. The van der Waals surface area contributed by atoms with Crippen LogP contribution in [0.4, 0.5) is 26.0 Å². The topological polar surface area (TPSA) is 133 Å². The molecule has 1 aliphatic carbocycles. The van der Waals surface area contributed by atoms with Crippen LogP contribution in [-0.4, -0.2) is 41.0 Å². The Hall–Kier alpha value is -3.51. The number of aryl methyl sites for hydroxylation is 2. The number of hydrogen-bond donors (Lipinski definition) is 4. The number of aliphatic hydroxyl groups is 1. The number of sulfone groups is 1. The van der Waals surface area contributed by atoms with Crippen molar-refractivity contribution in [1.29, 1.82) is 0 Å². The molecule has 0 radical (unpaired) electrons. The second-order valence-corrected chi connectivity index (χ2v) is 11.0. The van der Waals surface area contributed by atoms with Crippen LogP contribution in [0.25, 0.3) is 22.5 Å². The number of nitrogens with one attached hydrogen (secondary N) is 3. The van der Waals surface area contributed by atoms with Crippen molar-refractivity contribution in [3.8, 4) is 11.3 Å². The molecule has 1 aliphatic rings. The van der Waals surface area contributed by atoms with Crippen molar-refractivity contribution < 1.29 is 26.7 Å². The fraction of sp³-hybridized carbons (Fsp3) is 0.333. The Balaban J connectivity index is 1.59. The van der Waals surface area contributed by atoms with Gasteiger partial charge in [-0.3, -0.25) is 0 Å². The normalized spacial score (nSPS) is 15.0. The van der Waals surface area contributed by atoms with E-state index in [-0.39, 0.29) is 39.2 Å². The van der Waals surface area contributed by atoms with Gasteiger partial charge in [0.1, 0.15) is 29.1 Å². The number of nitrogens with zero attached hydrogens (tertiary/aromatic N) is 2. The number of pyridine rings is 1. The third-order valence-electron chi connectivity index (χ3n) is 6.15. The lowest BCUT2D eigenvalue weighted by Crippen LogP contribution is -2.21. The molecule has 0 bridgehead atoms. The quantitative estimate of drug-likeness (QED) is 0.238. The fourth-order valence-electron chi connectivity index (χ4n) is 3.91. The van der Waals surface area contributed by atoms with Crippen molar-refractivity contribution in [3.63, 3.8) is 0 Å². The first-order chi connectivity index (χ1) is 17.0. The summed E-state index contributed by atoms with van der Waals surface area (Å²) in [5.41, 5.74) is 2.20. The number of alkyl halides is 2. The summed E-state index contributed by atoms with van der Waals surface area (Å²) in [5.74, 6) is 1.00.